The summed E-state index contributed by atoms with van der Waals surface area (Å²) in [5, 5.41) is 0. The average Bonchev–Trinajstić information content (AvgIpc) is 2.70. The van der Waals surface area contributed by atoms with Crippen LogP contribution in [0.15, 0.2) is 67.3 Å². The Labute approximate surface area is 161 Å². The number of rotatable bonds is 7. The fourth-order valence-electron chi connectivity index (χ4n) is 2.63. The Hall–Kier alpha value is -3.21. The van der Waals surface area contributed by atoms with E-state index in [-0.39, 0.29) is 30.3 Å². The minimum atomic E-state index is -1.03. The zero-order valence-electron chi connectivity index (χ0n) is 15.3. The Bertz CT molecular complexity index is 982. The summed E-state index contributed by atoms with van der Waals surface area (Å²) in [7, 11) is 0. The first-order valence-electron chi connectivity index (χ1n) is 8.69. The van der Waals surface area contributed by atoms with Gasteiger partial charge in [0.15, 0.2) is 11.6 Å². The van der Waals surface area contributed by atoms with E-state index < -0.39 is 11.6 Å². The van der Waals surface area contributed by atoms with Crippen molar-refractivity contribution < 1.29 is 22.6 Å². The molecule has 144 valence electrons. The van der Waals surface area contributed by atoms with Crippen LogP contribution in [0.5, 0.6) is 11.5 Å². The maximum Gasteiger partial charge on any atom is 0.201 e. The van der Waals surface area contributed by atoms with Crippen molar-refractivity contribution in [2.45, 2.75) is 13.5 Å². The molecule has 0 amide bonds. The molecule has 0 unspecified atom stereocenters. The van der Waals surface area contributed by atoms with Crippen molar-refractivity contribution in [1.82, 2.24) is 0 Å². The van der Waals surface area contributed by atoms with Crippen molar-refractivity contribution >= 4 is 0 Å². The Balaban J connectivity index is 1.72. The highest BCUT2D eigenvalue weighted by Crippen LogP contribution is 2.30. The summed E-state index contributed by atoms with van der Waals surface area (Å²) in [6.07, 6.45) is 1.46. The predicted molar refractivity (Wildman–Crippen MR) is 103 cm³/mol. The van der Waals surface area contributed by atoms with Crippen molar-refractivity contribution in [3.8, 4) is 22.6 Å². The molecule has 3 aromatic rings. The Morgan fingerprint density at radius 2 is 1.64 bits per heavy atom. The first-order valence-corrected chi connectivity index (χ1v) is 8.69. The van der Waals surface area contributed by atoms with Crippen LogP contribution in [-0.4, -0.2) is 6.61 Å². The molecule has 3 aromatic carbocycles. The van der Waals surface area contributed by atoms with E-state index in [2.05, 4.69) is 6.58 Å². The first kappa shape index (κ1) is 19.5. The van der Waals surface area contributed by atoms with Crippen molar-refractivity contribution in [2.24, 2.45) is 0 Å². The molecule has 0 N–H and O–H groups in total. The quantitative estimate of drug-likeness (QED) is 0.450. The largest absolute Gasteiger partial charge is 0.489 e. The molecule has 0 saturated carbocycles. The van der Waals surface area contributed by atoms with E-state index in [1.54, 1.807) is 43.3 Å². The number of hydrogen-bond acceptors (Lipinski definition) is 2. The average molecular weight is 384 g/mol. The molecule has 0 saturated heterocycles. The fraction of sp³-hybridized carbons (Fsp3) is 0.130. The van der Waals surface area contributed by atoms with Crippen molar-refractivity contribution in [3.05, 3.63) is 95.8 Å². The van der Waals surface area contributed by atoms with Gasteiger partial charge < -0.3 is 9.47 Å². The fourth-order valence-corrected chi connectivity index (χ4v) is 2.63. The van der Waals surface area contributed by atoms with Crippen LogP contribution in [0.25, 0.3) is 11.1 Å². The Kier molecular flexibility index (Phi) is 6.04. The van der Waals surface area contributed by atoms with E-state index in [9.17, 15) is 13.2 Å². The van der Waals surface area contributed by atoms with E-state index in [1.165, 1.54) is 24.3 Å². The summed E-state index contributed by atoms with van der Waals surface area (Å²) in [4.78, 5) is 0. The molecule has 0 fully saturated rings. The molecule has 0 spiro atoms. The second-order valence-corrected chi connectivity index (χ2v) is 6.24. The maximum atomic E-state index is 14.4. The molecule has 0 bridgehead atoms. The molecule has 0 radical (unpaired) electrons. The summed E-state index contributed by atoms with van der Waals surface area (Å²) in [6, 6.07) is 14.4. The van der Waals surface area contributed by atoms with Gasteiger partial charge >= 0.3 is 0 Å². The second-order valence-electron chi connectivity index (χ2n) is 6.24. The lowest BCUT2D eigenvalue weighted by molar-refractivity contribution is 0.304. The van der Waals surface area contributed by atoms with Gasteiger partial charge in [0.2, 0.25) is 5.82 Å². The van der Waals surface area contributed by atoms with Crippen molar-refractivity contribution in [3.63, 3.8) is 0 Å². The number of ether oxygens (including phenoxy) is 2. The van der Waals surface area contributed by atoms with Gasteiger partial charge in [-0.2, -0.15) is 4.39 Å². The van der Waals surface area contributed by atoms with Crippen LogP contribution in [0.3, 0.4) is 0 Å². The SMILES string of the molecule is C=CCOc1ccc(-c2ccc(COc3ccc(C)c(F)c3)cc2)c(F)c1F. The van der Waals surface area contributed by atoms with Gasteiger partial charge in [-0.3, -0.25) is 0 Å². The lowest BCUT2D eigenvalue weighted by Gasteiger charge is -2.10. The smallest absolute Gasteiger partial charge is 0.201 e. The number of hydrogen-bond donors (Lipinski definition) is 0. The first-order chi connectivity index (χ1) is 13.5. The standard InChI is InChI=1S/C23H19F3O2/c1-3-12-27-21-11-10-19(22(25)23(21)26)17-7-5-16(6-8-17)14-28-18-9-4-15(2)20(24)13-18/h3-11,13H,1,12,14H2,2H3. The second kappa shape index (κ2) is 8.65. The van der Waals surface area contributed by atoms with Gasteiger partial charge in [-0.1, -0.05) is 43.0 Å². The molecule has 3 rings (SSSR count). The van der Waals surface area contributed by atoms with Crippen molar-refractivity contribution in [1.29, 1.82) is 0 Å². The van der Waals surface area contributed by atoms with E-state index in [0.29, 0.717) is 16.9 Å². The monoisotopic (exact) mass is 384 g/mol. The molecule has 2 nitrogen and oxygen atoms in total. The van der Waals surface area contributed by atoms with Gasteiger partial charge in [-0.25, -0.2) is 8.78 Å². The zero-order chi connectivity index (χ0) is 20.1. The topological polar surface area (TPSA) is 18.5 Å². The van der Waals surface area contributed by atoms with E-state index >= 15 is 0 Å². The lowest BCUT2D eigenvalue weighted by Crippen LogP contribution is -1.99. The molecular weight excluding hydrogens is 365 g/mol. The number of aryl methyl sites for hydroxylation is 1. The maximum absolute atomic E-state index is 14.4. The molecule has 5 heteroatoms. The molecule has 0 heterocycles. The van der Waals surface area contributed by atoms with E-state index in [0.717, 1.165) is 5.56 Å². The van der Waals surface area contributed by atoms with Gasteiger partial charge in [0, 0.05) is 11.6 Å². The summed E-state index contributed by atoms with van der Waals surface area (Å²) < 4.78 is 52.7. The molecule has 0 aliphatic rings. The zero-order valence-corrected chi connectivity index (χ0v) is 15.3. The minimum Gasteiger partial charge on any atom is -0.489 e. The van der Waals surface area contributed by atoms with Crippen LogP contribution in [-0.2, 0) is 6.61 Å². The highest BCUT2D eigenvalue weighted by atomic mass is 19.2. The number of benzene rings is 3. The molecule has 28 heavy (non-hydrogen) atoms. The van der Waals surface area contributed by atoms with E-state index in [1.807, 2.05) is 0 Å². The Morgan fingerprint density at radius 1 is 0.893 bits per heavy atom. The molecule has 0 aromatic heterocycles. The normalized spacial score (nSPS) is 10.6. The van der Waals surface area contributed by atoms with Gasteiger partial charge in [-0.15, -0.1) is 0 Å². The molecule has 0 atom stereocenters. The highest BCUT2D eigenvalue weighted by Gasteiger charge is 2.15. The van der Waals surface area contributed by atoms with Gasteiger partial charge in [-0.05, 0) is 41.8 Å². The summed E-state index contributed by atoms with van der Waals surface area (Å²) in [5.41, 5.74) is 2.02. The summed E-state index contributed by atoms with van der Waals surface area (Å²) in [5.74, 6) is -2.06. The molecular formula is C23H19F3O2. The van der Waals surface area contributed by atoms with Crippen LogP contribution in [0.2, 0.25) is 0 Å². The van der Waals surface area contributed by atoms with Crippen LogP contribution in [0, 0.1) is 24.4 Å². The third kappa shape index (κ3) is 4.36. The third-order valence-electron chi connectivity index (χ3n) is 4.22. The summed E-state index contributed by atoms with van der Waals surface area (Å²) in [6.45, 7) is 5.47. The highest BCUT2D eigenvalue weighted by molar-refractivity contribution is 5.65. The summed E-state index contributed by atoms with van der Waals surface area (Å²) >= 11 is 0. The molecule has 0 aliphatic heterocycles. The van der Waals surface area contributed by atoms with Gasteiger partial charge in [0.25, 0.3) is 0 Å². The minimum absolute atomic E-state index is 0.0925. The number of halogens is 3. The lowest BCUT2D eigenvalue weighted by atomic mass is 10.0. The van der Waals surface area contributed by atoms with Crippen LogP contribution in [0.1, 0.15) is 11.1 Å². The Morgan fingerprint density at radius 3 is 2.32 bits per heavy atom. The molecule has 0 aliphatic carbocycles. The third-order valence-corrected chi connectivity index (χ3v) is 4.22. The van der Waals surface area contributed by atoms with Crippen molar-refractivity contribution in [2.75, 3.05) is 6.61 Å². The van der Waals surface area contributed by atoms with Crippen LogP contribution < -0.4 is 9.47 Å². The van der Waals surface area contributed by atoms with Gasteiger partial charge in [0.1, 0.15) is 24.8 Å². The van der Waals surface area contributed by atoms with E-state index in [4.69, 9.17) is 9.47 Å². The van der Waals surface area contributed by atoms with Crippen LogP contribution in [0.4, 0.5) is 13.2 Å². The van der Waals surface area contributed by atoms with Gasteiger partial charge in [0.05, 0.1) is 0 Å². The predicted octanol–water partition coefficient (Wildman–Crippen LogP) is 6.22. The van der Waals surface area contributed by atoms with Crippen LogP contribution >= 0.6 is 0 Å².